The molecule has 0 aliphatic carbocycles. The lowest BCUT2D eigenvalue weighted by atomic mass is 10.2. The Labute approximate surface area is 172 Å². The minimum Gasteiger partial charge on any atom is -0.299 e. The summed E-state index contributed by atoms with van der Waals surface area (Å²) in [6, 6.07) is 14.0. The molecular formula is C18H17ClN4O3S2. The Morgan fingerprint density at radius 1 is 1.11 bits per heavy atom. The molecule has 0 unspecified atom stereocenters. The normalized spacial score (nSPS) is 11.2. The van der Waals surface area contributed by atoms with E-state index < -0.39 is 15.9 Å². The van der Waals surface area contributed by atoms with Crippen LogP contribution in [0.4, 0.5) is 10.8 Å². The van der Waals surface area contributed by atoms with Crippen LogP contribution in [0.5, 0.6) is 0 Å². The average Bonchev–Trinajstić information content (AvgIpc) is 3.09. The van der Waals surface area contributed by atoms with Crippen molar-refractivity contribution in [3.63, 3.8) is 0 Å². The summed E-state index contributed by atoms with van der Waals surface area (Å²) >= 11 is 7.06. The lowest BCUT2D eigenvalue weighted by molar-refractivity contribution is -0.114. The molecule has 10 heteroatoms. The Kier molecular flexibility index (Phi) is 5.97. The molecule has 1 heterocycles. The van der Waals surface area contributed by atoms with Crippen LogP contribution < -0.4 is 9.62 Å². The summed E-state index contributed by atoms with van der Waals surface area (Å²) in [4.78, 5) is 12.4. The SMILES string of the molecule is Cc1ccc(-c2nnc(NC(=O)CN(c3ccc(Cl)cc3)S(C)(=O)=O)s2)cc1. The zero-order valence-corrected chi connectivity index (χ0v) is 17.5. The van der Waals surface area contributed by atoms with E-state index in [4.69, 9.17) is 11.6 Å². The number of carbonyl (C=O) groups excluding carboxylic acids is 1. The van der Waals surface area contributed by atoms with Gasteiger partial charge in [0.25, 0.3) is 0 Å². The van der Waals surface area contributed by atoms with Gasteiger partial charge >= 0.3 is 0 Å². The number of nitrogens with zero attached hydrogens (tertiary/aromatic N) is 3. The molecule has 146 valence electrons. The predicted octanol–water partition coefficient (Wildman–Crippen LogP) is 3.57. The Bertz CT molecular complexity index is 1080. The third kappa shape index (κ3) is 5.06. The molecule has 28 heavy (non-hydrogen) atoms. The lowest BCUT2D eigenvalue weighted by Gasteiger charge is -2.21. The fourth-order valence-electron chi connectivity index (χ4n) is 2.38. The molecule has 0 saturated carbocycles. The van der Waals surface area contributed by atoms with Crippen molar-refractivity contribution in [2.24, 2.45) is 0 Å². The summed E-state index contributed by atoms with van der Waals surface area (Å²) in [5.41, 5.74) is 2.37. The number of sulfonamides is 1. The van der Waals surface area contributed by atoms with Crippen LogP contribution >= 0.6 is 22.9 Å². The zero-order chi connectivity index (χ0) is 20.3. The summed E-state index contributed by atoms with van der Waals surface area (Å²) < 4.78 is 25.2. The summed E-state index contributed by atoms with van der Waals surface area (Å²) in [6.45, 7) is 1.60. The van der Waals surface area contributed by atoms with Gasteiger partial charge in [0, 0.05) is 10.6 Å². The number of anilines is 2. The summed E-state index contributed by atoms with van der Waals surface area (Å²) in [7, 11) is -3.66. The highest BCUT2D eigenvalue weighted by atomic mass is 35.5. The molecule has 1 amide bonds. The first kappa shape index (κ1) is 20.2. The van der Waals surface area contributed by atoms with Crippen LogP contribution in [0, 0.1) is 6.92 Å². The van der Waals surface area contributed by atoms with Gasteiger partial charge in [-0.05, 0) is 31.2 Å². The van der Waals surface area contributed by atoms with Gasteiger partial charge in [0.2, 0.25) is 21.1 Å². The van der Waals surface area contributed by atoms with Crippen LogP contribution in [0.15, 0.2) is 48.5 Å². The highest BCUT2D eigenvalue weighted by Crippen LogP contribution is 2.27. The molecule has 3 aromatic rings. The van der Waals surface area contributed by atoms with E-state index in [1.165, 1.54) is 23.5 Å². The van der Waals surface area contributed by atoms with E-state index in [-0.39, 0.29) is 6.54 Å². The largest absolute Gasteiger partial charge is 0.299 e. The average molecular weight is 437 g/mol. The van der Waals surface area contributed by atoms with Crippen molar-refractivity contribution >= 4 is 49.7 Å². The maximum Gasteiger partial charge on any atom is 0.246 e. The number of carbonyl (C=O) groups is 1. The van der Waals surface area contributed by atoms with Gasteiger partial charge in [-0.2, -0.15) is 0 Å². The van der Waals surface area contributed by atoms with Crippen LogP contribution in [0.25, 0.3) is 10.6 Å². The highest BCUT2D eigenvalue weighted by molar-refractivity contribution is 7.92. The second-order valence-corrected chi connectivity index (χ2v) is 9.39. The molecular weight excluding hydrogens is 420 g/mol. The third-order valence-electron chi connectivity index (χ3n) is 3.77. The number of rotatable bonds is 6. The molecule has 0 aliphatic rings. The van der Waals surface area contributed by atoms with E-state index >= 15 is 0 Å². The molecule has 0 fully saturated rings. The highest BCUT2D eigenvalue weighted by Gasteiger charge is 2.21. The molecule has 0 aliphatic heterocycles. The second-order valence-electron chi connectivity index (χ2n) is 6.07. The number of hydrogen-bond donors (Lipinski definition) is 1. The molecule has 0 bridgehead atoms. The molecule has 1 aromatic heterocycles. The third-order valence-corrected chi connectivity index (χ3v) is 6.05. The van der Waals surface area contributed by atoms with Gasteiger partial charge in [0.15, 0.2) is 0 Å². The number of hydrogen-bond acceptors (Lipinski definition) is 6. The van der Waals surface area contributed by atoms with Crippen molar-refractivity contribution in [2.75, 3.05) is 22.4 Å². The first-order valence-corrected chi connectivity index (χ1v) is 11.2. The lowest BCUT2D eigenvalue weighted by Crippen LogP contribution is -2.37. The Hall–Kier alpha value is -2.49. The maximum atomic E-state index is 12.4. The standard InChI is InChI=1S/C18H17ClN4O3S2/c1-12-3-5-13(6-4-12)17-21-22-18(27-17)20-16(24)11-23(28(2,25)26)15-9-7-14(19)8-10-15/h3-10H,11H2,1-2H3,(H,20,22,24). The van der Waals surface area contributed by atoms with Crippen LogP contribution in [0.2, 0.25) is 5.02 Å². The van der Waals surface area contributed by atoms with Crippen LogP contribution in [-0.4, -0.2) is 37.3 Å². The minimum absolute atomic E-state index is 0.296. The smallest absolute Gasteiger partial charge is 0.246 e. The molecule has 0 spiro atoms. The van der Waals surface area contributed by atoms with Gasteiger partial charge in [-0.25, -0.2) is 8.42 Å². The number of aromatic nitrogens is 2. The Morgan fingerprint density at radius 2 is 1.75 bits per heavy atom. The summed E-state index contributed by atoms with van der Waals surface area (Å²) in [5.74, 6) is -0.521. The van der Waals surface area contributed by atoms with Gasteiger partial charge in [-0.15, -0.1) is 10.2 Å². The zero-order valence-electron chi connectivity index (χ0n) is 15.1. The molecule has 2 aromatic carbocycles. The first-order chi connectivity index (χ1) is 13.2. The van der Waals surface area contributed by atoms with Crippen LogP contribution in [0.3, 0.4) is 0 Å². The number of halogens is 1. The van der Waals surface area contributed by atoms with E-state index in [0.29, 0.717) is 20.8 Å². The van der Waals surface area contributed by atoms with E-state index in [0.717, 1.165) is 21.7 Å². The maximum absolute atomic E-state index is 12.4. The van der Waals surface area contributed by atoms with Crippen molar-refractivity contribution in [3.05, 3.63) is 59.1 Å². The van der Waals surface area contributed by atoms with Crippen molar-refractivity contribution in [1.82, 2.24) is 10.2 Å². The minimum atomic E-state index is -3.66. The number of amides is 1. The van der Waals surface area contributed by atoms with Gasteiger partial charge in [-0.1, -0.05) is 52.8 Å². The van der Waals surface area contributed by atoms with Gasteiger partial charge in [0.1, 0.15) is 11.6 Å². The molecule has 1 N–H and O–H groups in total. The van der Waals surface area contributed by atoms with Crippen molar-refractivity contribution < 1.29 is 13.2 Å². The predicted molar refractivity (Wildman–Crippen MR) is 112 cm³/mol. The number of nitrogens with one attached hydrogen (secondary N) is 1. The fraction of sp³-hybridized carbons (Fsp3) is 0.167. The number of benzene rings is 2. The Morgan fingerprint density at radius 3 is 2.36 bits per heavy atom. The van der Waals surface area contributed by atoms with Crippen molar-refractivity contribution in [3.8, 4) is 10.6 Å². The Balaban J connectivity index is 1.73. The van der Waals surface area contributed by atoms with Gasteiger partial charge in [-0.3, -0.25) is 14.4 Å². The number of aryl methyl sites for hydroxylation is 1. The van der Waals surface area contributed by atoms with E-state index in [1.54, 1.807) is 12.1 Å². The molecule has 0 saturated heterocycles. The van der Waals surface area contributed by atoms with E-state index in [2.05, 4.69) is 15.5 Å². The van der Waals surface area contributed by atoms with Crippen molar-refractivity contribution in [1.29, 1.82) is 0 Å². The van der Waals surface area contributed by atoms with Gasteiger partial charge in [0.05, 0.1) is 11.9 Å². The molecule has 7 nitrogen and oxygen atoms in total. The second kappa shape index (κ2) is 8.26. The fourth-order valence-corrected chi connectivity index (χ4v) is 4.13. The quantitative estimate of drug-likeness (QED) is 0.637. The summed E-state index contributed by atoms with van der Waals surface area (Å²) in [6.07, 6.45) is 1.04. The van der Waals surface area contributed by atoms with E-state index in [1.807, 2.05) is 31.2 Å². The van der Waals surface area contributed by atoms with E-state index in [9.17, 15) is 13.2 Å². The topological polar surface area (TPSA) is 92.3 Å². The monoisotopic (exact) mass is 436 g/mol. The van der Waals surface area contributed by atoms with Gasteiger partial charge < -0.3 is 0 Å². The van der Waals surface area contributed by atoms with Crippen molar-refractivity contribution in [2.45, 2.75) is 6.92 Å². The molecule has 0 radical (unpaired) electrons. The van der Waals surface area contributed by atoms with Crippen LogP contribution in [0.1, 0.15) is 5.56 Å². The van der Waals surface area contributed by atoms with Crippen LogP contribution in [-0.2, 0) is 14.8 Å². The molecule has 3 rings (SSSR count). The molecule has 0 atom stereocenters. The summed E-state index contributed by atoms with van der Waals surface area (Å²) in [5, 5.41) is 12.1. The first-order valence-electron chi connectivity index (χ1n) is 8.16.